The summed E-state index contributed by atoms with van der Waals surface area (Å²) in [6, 6.07) is 9.99. The highest BCUT2D eigenvalue weighted by Crippen LogP contribution is 2.33. The third-order valence-corrected chi connectivity index (χ3v) is 4.01. The highest BCUT2D eigenvalue weighted by molar-refractivity contribution is 7.21. The number of rotatable bonds is 4. The zero-order valence-electron chi connectivity index (χ0n) is 11.3. The van der Waals surface area contributed by atoms with E-state index in [9.17, 15) is 4.39 Å². The third-order valence-electron chi connectivity index (χ3n) is 2.94. The van der Waals surface area contributed by atoms with Crippen LogP contribution in [0.15, 0.2) is 36.4 Å². The summed E-state index contributed by atoms with van der Waals surface area (Å²) < 4.78 is 24.2. The first-order valence-corrected chi connectivity index (χ1v) is 7.07. The maximum absolute atomic E-state index is 13.2. The van der Waals surface area contributed by atoms with Gasteiger partial charge >= 0.3 is 0 Å². The van der Waals surface area contributed by atoms with E-state index in [4.69, 9.17) is 15.2 Å². The van der Waals surface area contributed by atoms with Crippen molar-refractivity contribution in [2.75, 3.05) is 19.6 Å². The molecule has 2 N–H and O–H groups in total. The molecule has 3 aromatic rings. The Labute approximate surface area is 124 Å². The summed E-state index contributed by atoms with van der Waals surface area (Å²) >= 11 is 1.42. The third kappa shape index (κ3) is 2.81. The highest BCUT2D eigenvalue weighted by Gasteiger charge is 2.09. The molecular weight excluding hydrogens is 291 g/mol. The lowest BCUT2D eigenvalue weighted by atomic mass is 10.2. The molecule has 0 radical (unpaired) electrons. The number of thiazole rings is 1. The maximum Gasteiger partial charge on any atom is 0.188 e. The van der Waals surface area contributed by atoms with Crippen LogP contribution in [0.5, 0.6) is 5.75 Å². The molecule has 0 saturated carbocycles. The van der Waals surface area contributed by atoms with E-state index in [1.807, 2.05) is 6.07 Å². The van der Waals surface area contributed by atoms with Gasteiger partial charge in [0.05, 0.1) is 15.9 Å². The Balaban J connectivity index is 1.96. The van der Waals surface area contributed by atoms with Crippen LogP contribution in [-0.2, 0) is 4.74 Å². The second-order valence-corrected chi connectivity index (χ2v) is 5.47. The summed E-state index contributed by atoms with van der Waals surface area (Å²) in [7, 11) is 1.55. The summed E-state index contributed by atoms with van der Waals surface area (Å²) in [5.74, 6) is 0.299. The topological polar surface area (TPSA) is 57.4 Å². The zero-order valence-corrected chi connectivity index (χ0v) is 12.1. The zero-order chi connectivity index (χ0) is 14.8. The number of nitrogens with two attached hydrogens (primary N) is 1. The molecule has 0 bridgehead atoms. The lowest BCUT2D eigenvalue weighted by Crippen LogP contribution is -2.01. The molecule has 0 spiro atoms. The molecule has 0 unspecified atom stereocenters. The van der Waals surface area contributed by atoms with Crippen LogP contribution in [0.25, 0.3) is 20.8 Å². The molecule has 0 aliphatic heterocycles. The largest absolute Gasteiger partial charge is 0.465 e. The van der Waals surface area contributed by atoms with Gasteiger partial charge in [-0.15, -0.1) is 11.3 Å². The summed E-state index contributed by atoms with van der Waals surface area (Å²) in [4.78, 5) is 4.49. The maximum atomic E-state index is 13.2. The van der Waals surface area contributed by atoms with Crippen LogP contribution < -0.4 is 10.5 Å². The number of ether oxygens (including phenoxy) is 2. The number of aromatic nitrogens is 1. The average Bonchev–Trinajstić information content (AvgIpc) is 2.89. The molecular formula is C15H13FN2O2S. The molecule has 0 aliphatic carbocycles. The Morgan fingerprint density at radius 1 is 1.24 bits per heavy atom. The molecule has 6 heteroatoms. The van der Waals surface area contributed by atoms with Gasteiger partial charge in [-0.25, -0.2) is 9.37 Å². The Morgan fingerprint density at radius 3 is 2.86 bits per heavy atom. The van der Waals surface area contributed by atoms with E-state index in [1.165, 1.54) is 23.5 Å². The van der Waals surface area contributed by atoms with Gasteiger partial charge in [0.25, 0.3) is 0 Å². The number of hydrogen-bond donors (Lipinski definition) is 1. The van der Waals surface area contributed by atoms with Gasteiger partial charge in [0.15, 0.2) is 6.79 Å². The van der Waals surface area contributed by atoms with Gasteiger partial charge in [-0.3, -0.25) is 0 Å². The van der Waals surface area contributed by atoms with Crippen molar-refractivity contribution >= 4 is 27.2 Å². The first-order valence-electron chi connectivity index (χ1n) is 6.25. The van der Waals surface area contributed by atoms with Crippen LogP contribution in [0.3, 0.4) is 0 Å². The van der Waals surface area contributed by atoms with Gasteiger partial charge in [0.2, 0.25) is 0 Å². The van der Waals surface area contributed by atoms with Gasteiger partial charge < -0.3 is 15.2 Å². The minimum absolute atomic E-state index is 0.143. The van der Waals surface area contributed by atoms with E-state index >= 15 is 0 Å². The predicted octanol–water partition coefficient (Wildman–Crippen LogP) is 3.67. The fraction of sp³-hybridized carbons (Fsp3) is 0.133. The van der Waals surface area contributed by atoms with Gasteiger partial charge in [-0.05, 0) is 36.4 Å². The Morgan fingerprint density at radius 2 is 2.10 bits per heavy atom. The molecule has 0 saturated heterocycles. The van der Waals surface area contributed by atoms with E-state index in [0.29, 0.717) is 11.4 Å². The lowest BCUT2D eigenvalue weighted by Gasteiger charge is -2.08. The van der Waals surface area contributed by atoms with Crippen molar-refractivity contribution in [2.45, 2.75) is 0 Å². The Kier molecular flexibility index (Phi) is 3.72. The number of anilines is 1. The number of nitrogen functional groups attached to an aromatic ring is 1. The number of benzene rings is 2. The average molecular weight is 304 g/mol. The van der Waals surface area contributed by atoms with Crippen molar-refractivity contribution < 1.29 is 13.9 Å². The van der Waals surface area contributed by atoms with Crippen LogP contribution in [0.2, 0.25) is 0 Å². The lowest BCUT2D eigenvalue weighted by molar-refractivity contribution is 0.0517. The van der Waals surface area contributed by atoms with E-state index in [1.54, 1.807) is 25.3 Å². The summed E-state index contributed by atoms with van der Waals surface area (Å²) in [5.41, 5.74) is 8.11. The standard InChI is InChI=1S/C15H13FN2O2S/c1-19-8-20-13-5-2-9(6-11(13)17)15-18-12-4-3-10(16)7-14(12)21-15/h2-7H,8,17H2,1H3. The second-order valence-electron chi connectivity index (χ2n) is 4.43. The minimum atomic E-state index is -0.263. The van der Waals surface area contributed by atoms with E-state index in [2.05, 4.69) is 4.98 Å². The normalized spacial score (nSPS) is 11.0. The van der Waals surface area contributed by atoms with E-state index in [-0.39, 0.29) is 12.6 Å². The summed E-state index contributed by atoms with van der Waals surface area (Å²) in [6.07, 6.45) is 0. The monoisotopic (exact) mass is 304 g/mol. The molecule has 2 aromatic carbocycles. The quantitative estimate of drug-likeness (QED) is 0.590. The molecule has 1 aromatic heterocycles. The van der Waals surface area contributed by atoms with Crippen molar-refractivity contribution in [1.29, 1.82) is 0 Å². The number of hydrogen-bond acceptors (Lipinski definition) is 5. The van der Waals surface area contributed by atoms with Crippen LogP contribution in [-0.4, -0.2) is 18.9 Å². The Hall–Kier alpha value is -2.18. The fourth-order valence-electron chi connectivity index (χ4n) is 1.96. The van der Waals surface area contributed by atoms with E-state index < -0.39 is 0 Å². The smallest absolute Gasteiger partial charge is 0.188 e. The first-order chi connectivity index (χ1) is 10.2. The van der Waals surface area contributed by atoms with Crippen LogP contribution in [0, 0.1) is 5.82 Å². The predicted molar refractivity (Wildman–Crippen MR) is 81.9 cm³/mol. The Bertz CT molecular complexity index is 788. The van der Waals surface area contributed by atoms with Crippen LogP contribution in [0.4, 0.5) is 10.1 Å². The molecule has 1 heterocycles. The van der Waals surface area contributed by atoms with Gasteiger partial charge in [-0.1, -0.05) is 0 Å². The van der Waals surface area contributed by atoms with Crippen molar-refractivity contribution in [3.8, 4) is 16.3 Å². The van der Waals surface area contributed by atoms with Gasteiger partial charge in [-0.2, -0.15) is 0 Å². The van der Waals surface area contributed by atoms with Crippen molar-refractivity contribution in [3.05, 3.63) is 42.2 Å². The number of fused-ring (bicyclic) bond motifs is 1. The van der Waals surface area contributed by atoms with Crippen molar-refractivity contribution in [3.63, 3.8) is 0 Å². The van der Waals surface area contributed by atoms with Crippen LogP contribution in [0.1, 0.15) is 0 Å². The minimum Gasteiger partial charge on any atom is -0.465 e. The molecule has 0 amide bonds. The van der Waals surface area contributed by atoms with Crippen molar-refractivity contribution in [1.82, 2.24) is 4.98 Å². The SMILES string of the molecule is COCOc1ccc(-c2nc3ccc(F)cc3s2)cc1N. The van der Waals surface area contributed by atoms with E-state index in [0.717, 1.165) is 20.8 Å². The number of methoxy groups -OCH3 is 1. The summed E-state index contributed by atoms with van der Waals surface area (Å²) in [6.45, 7) is 0.143. The molecule has 21 heavy (non-hydrogen) atoms. The highest BCUT2D eigenvalue weighted by atomic mass is 32.1. The molecule has 4 nitrogen and oxygen atoms in total. The first kappa shape index (κ1) is 13.8. The van der Waals surface area contributed by atoms with Crippen molar-refractivity contribution in [2.24, 2.45) is 0 Å². The summed E-state index contributed by atoms with van der Waals surface area (Å²) in [5, 5.41) is 0.792. The van der Waals surface area contributed by atoms with Gasteiger partial charge in [0, 0.05) is 12.7 Å². The number of nitrogens with zero attached hydrogens (tertiary/aromatic N) is 1. The van der Waals surface area contributed by atoms with Gasteiger partial charge in [0.1, 0.15) is 16.6 Å². The van der Waals surface area contributed by atoms with Crippen LogP contribution >= 0.6 is 11.3 Å². The molecule has 0 atom stereocenters. The molecule has 108 valence electrons. The number of halogens is 1. The fourth-order valence-corrected chi connectivity index (χ4v) is 2.94. The second kappa shape index (κ2) is 5.67. The molecule has 3 rings (SSSR count). The molecule has 0 aliphatic rings. The molecule has 0 fully saturated rings.